The minimum Gasteiger partial charge on any atom is -0.480 e. The third kappa shape index (κ3) is 3.46. The van der Waals surface area contributed by atoms with E-state index in [9.17, 15) is 19.1 Å². The summed E-state index contributed by atoms with van der Waals surface area (Å²) in [6.45, 7) is 0.441. The van der Waals surface area contributed by atoms with E-state index in [1.165, 1.54) is 28.5 Å². The van der Waals surface area contributed by atoms with Gasteiger partial charge in [0.05, 0.1) is 11.2 Å². The average Bonchev–Trinajstić information content (AvgIpc) is 3.05. The molecule has 5 nitrogen and oxygen atoms in total. The Labute approximate surface area is 142 Å². The van der Waals surface area contributed by atoms with Crippen LogP contribution in [0.4, 0.5) is 4.39 Å². The Hall–Kier alpha value is -2.28. The molecule has 1 saturated heterocycles. The maximum Gasteiger partial charge on any atom is 0.326 e. The molecular weight excluding hydrogens is 331 g/mol. The number of carboxylic acids is 1. The number of rotatable bonds is 4. The van der Waals surface area contributed by atoms with Crippen LogP contribution in [0.5, 0.6) is 0 Å². The Bertz CT molecular complexity index is 762. The maximum atomic E-state index is 13.7. The summed E-state index contributed by atoms with van der Waals surface area (Å²) in [5.74, 6) is -1.58. The van der Waals surface area contributed by atoms with E-state index in [1.54, 1.807) is 18.2 Å². The lowest BCUT2D eigenvalue weighted by atomic mass is 10.0. The number of halogens is 1. The zero-order chi connectivity index (χ0) is 17.1. The molecule has 1 aliphatic rings. The Kier molecular flexibility index (Phi) is 4.89. The van der Waals surface area contributed by atoms with Crippen molar-refractivity contribution in [2.75, 3.05) is 6.54 Å². The van der Waals surface area contributed by atoms with Gasteiger partial charge in [0.1, 0.15) is 16.7 Å². The summed E-state index contributed by atoms with van der Waals surface area (Å²) >= 11 is 1.19. The third-order valence-corrected chi connectivity index (χ3v) is 5.10. The molecule has 1 amide bonds. The fraction of sp³-hybridized carbons (Fsp3) is 0.353. The molecule has 126 valence electrons. The van der Waals surface area contributed by atoms with E-state index in [0.717, 1.165) is 12.8 Å². The van der Waals surface area contributed by atoms with E-state index < -0.39 is 12.0 Å². The van der Waals surface area contributed by atoms with E-state index in [1.807, 2.05) is 0 Å². The first kappa shape index (κ1) is 16.6. The molecule has 1 aromatic carbocycles. The fourth-order valence-electron chi connectivity index (χ4n) is 2.87. The second kappa shape index (κ2) is 7.09. The highest BCUT2D eigenvalue weighted by atomic mass is 32.1. The molecule has 0 radical (unpaired) electrons. The van der Waals surface area contributed by atoms with Crippen molar-refractivity contribution in [1.82, 2.24) is 9.88 Å². The highest BCUT2D eigenvalue weighted by Gasteiger charge is 2.33. The van der Waals surface area contributed by atoms with Crippen LogP contribution in [-0.2, 0) is 11.2 Å². The van der Waals surface area contributed by atoms with Crippen molar-refractivity contribution in [3.8, 4) is 0 Å². The molecule has 1 fully saturated rings. The minimum absolute atomic E-state index is 0.303. The lowest BCUT2D eigenvalue weighted by molar-refractivity contribution is -0.143. The smallest absolute Gasteiger partial charge is 0.326 e. The van der Waals surface area contributed by atoms with Crippen molar-refractivity contribution in [2.24, 2.45) is 0 Å². The molecule has 0 spiro atoms. The summed E-state index contributed by atoms with van der Waals surface area (Å²) in [4.78, 5) is 29.9. The molecule has 3 rings (SSSR count). The highest BCUT2D eigenvalue weighted by molar-refractivity contribution is 7.13. The summed E-state index contributed by atoms with van der Waals surface area (Å²) in [7, 11) is 0. The first-order valence-electron chi connectivity index (χ1n) is 7.78. The number of piperidine rings is 1. The zero-order valence-corrected chi connectivity index (χ0v) is 13.8. The maximum absolute atomic E-state index is 13.7. The molecule has 1 unspecified atom stereocenters. The summed E-state index contributed by atoms with van der Waals surface area (Å²) in [5, 5.41) is 9.92. The van der Waals surface area contributed by atoms with Crippen LogP contribution in [0, 0.1) is 5.82 Å². The Morgan fingerprint density at radius 3 is 2.88 bits per heavy atom. The molecular formula is C17H17FN2O3S. The Balaban J connectivity index is 1.76. The number of thiazole rings is 1. The van der Waals surface area contributed by atoms with Gasteiger partial charge >= 0.3 is 5.97 Å². The largest absolute Gasteiger partial charge is 0.480 e. The van der Waals surface area contributed by atoms with Crippen molar-refractivity contribution < 1.29 is 19.1 Å². The number of carbonyl (C=O) groups is 2. The van der Waals surface area contributed by atoms with Gasteiger partial charge < -0.3 is 10.0 Å². The monoisotopic (exact) mass is 348 g/mol. The van der Waals surface area contributed by atoms with Gasteiger partial charge in [-0.25, -0.2) is 14.2 Å². The summed E-state index contributed by atoms with van der Waals surface area (Å²) < 4.78 is 13.7. The van der Waals surface area contributed by atoms with Crippen LogP contribution in [0.2, 0.25) is 0 Å². The molecule has 1 atom stereocenters. The predicted octanol–water partition coefficient (Wildman–Crippen LogP) is 2.95. The Morgan fingerprint density at radius 1 is 1.33 bits per heavy atom. The normalized spacial score (nSPS) is 17.7. The van der Waals surface area contributed by atoms with Crippen molar-refractivity contribution >= 4 is 23.2 Å². The van der Waals surface area contributed by atoms with Gasteiger partial charge in [0.15, 0.2) is 0 Å². The van der Waals surface area contributed by atoms with Gasteiger partial charge in [-0.15, -0.1) is 11.3 Å². The minimum atomic E-state index is -0.973. The van der Waals surface area contributed by atoms with Crippen LogP contribution >= 0.6 is 11.3 Å². The van der Waals surface area contributed by atoms with Gasteiger partial charge in [-0.1, -0.05) is 18.2 Å². The molecule has 1 N–H and O–H groups in total. The molecule has 0 bridgehead atoms. The van der Waals surface area contributed by atoms with E-state index in [4.69, 9.17) is 0 Å². The van der Waals surface area contributed by atoms with Crippen LogP contribution < -0.4 is 0 Å². The van der Waals surface area contributed by atoms with Crippen LogP contribution in [0.1, 0.15) is 39.5 Å². The van der Waals surface area contributed by atoms with Gasteiger partial charge in [-0.3, -0.25) is 4.79 Å². The predicted molar refractivity (Wildman–Crippen MR) is 87.6 cm³/mol. The number of carboxylic acid groups (broad SMARTS) is 1. The summed E-state index contributed by atoms with van der Waals surface area (Å²) in [6, 6.07) is 5.67. The van der Waals surface area contributed by atoms with E-state index in [2.05, 4.69) is 4.98 Å². The standard InChI is InChI=1S/C17H17FN2O3S/c18-12-6-2-1-5-11(12)9-15-19-10-14(24-15)16(21)20-8-4-3-7-13(20)17(22)23/h1-2,5-6,10,13H,3-4,7-9H2,(H,22,23). The SMILES string of the molecule is O=C(O)C1CCCCN1C(=O)c1cnc(Cc2ccccc2F)s1. The van der Waals surface area contributed by atoms with Crippen molar-refractivity contribution in [3.63, 3.8) is 0 Å². The number of nitrogens with zero attached hydrogens (tertiary/aromatic N) is 2. The van der Waals surface area contributed by atoms with E-state index >= 15 is 0 Å². The molecule has 7 heteroatoms. The molecule has 1 aliphatic heterocycles. The second-order valence-corrected chi connectivity index (χ2v) is 6.85. The number of likely N-dealkylation sites (tertiary alicyclic amines) is 1. The molecule has 2 aromatic rings. The number of aliphatic carboxylic acids is 1. The third-order valence-electron chi connectivity index (χ3n) is 4.11. The van der Waals surface area contributed by atoms with E-state index in [0.29, 0.717) is 34.8 Å². The van der Waals surface area contributed by atoms with Crippen LogP contribution in [-0.4, -0.2) is 39.5 Å². The lowest BCUT2D eigenvalue weighted by Gasteiger charge is -2.32. The quantitative estimate of drug-likeness (QED) is 0.922. The number of hydrogen-bond donors (Lipinski definition) is 1. The number of hydrogen-bond acceptors (Lipinski definition) is 4. The number of amides is 1. The van der Waals surface area contributed by atoms with Gasteiger partial charge in [0.25, 0.3) is 5.91 Å². The van der Waals surface area contributed by atoms with Crippen LogP contribution in [0.25, 0.3) is 0 Å². The highest BCUT2D eigenvalue weighted by Crippen LogP contribution is 2.24. The van der Waals surface area contributed by atoms with Gasteiger partial charge in [0.2, 0.25) is 0 Å². The molecule has 0 saturated carbocycles. The molecule has 24 heavy (non-hydrogen) atoms. The van der Waals surface area contributed by atoms with Gasteiger partial charge in [0, 0.05) is 13.0 Å². The van der Waals surface area contributed by atoms with Crippen LogP contribution in [0.3, 0.4) is 0 Å². The number of benzene rings is 1. The number of aromatic nitrogens is 1. The lowest BCUT2D eigenvalue weighted by Crippen LogP contribution is -2.47. The molecule has 2 heterocycles. The van der Waals surface area contributed by atoms with Crippen molar-refractivity contribution in [1.29, 1.82) is 0 Å². The topological polar surface area (TPSA) is 70.5 Å². The van der Waals surface area contributed by atoms with Gasteiger partial charge in [-0.05, 0) is 30.9 Å². The van der Waals surface area contributed by atoms with Crippen molar-refractivity contribution in [3.05, 3.63) is 51.7 Å². The van der Waals surface area contributed by atoms with Crippen LogP contribution in [0.15, 0.2) is 30.5 Å². The van der Waals surface area contributed by atoms with Gasteiger partial charge in [-0.2, -0.15) is 0 Å². The molecule has 0 aliphatic carbocycles. The van der Waals surface area contributed by atoms with Crippen molar-refractivity contribution in [2.45, 2.75) is 31.7 Å². The average molecular weight is 348 g/mol. The Morgan fingerprint density at radius 2 is 2.12 bits per heavy atom. The molecule has 1 aromatic heterocycles. The first-order chi connectivity index (χ1) is 11.6. The zero-order valence-electron chi connectivity index (χ0n) is 12.9. The number of carbonyl (C=O) groups excluding carboxylic acids is 1. The first-order valence-corrected chi connectivity index (χ1v) is 8.60. The van der Waals surface area contributed by atoms with E-state index in [-0.39, 0.29) is 11.7 Å². The summed E-state index contributed by atoms with van der Waals surface area (Å²) in [5.41, 5.74) is 0.521. The second-order valence-electron chi connectivity index (χ2n) is 5.73. The summed E-state index contributed by atoms with van der Waals surface area (Å²) in [6.07, 6.45) is 3.85. The fourth-order valence-corrected chi connectivity index (χ4v) is 3.77.